The maximum absolute atomic E-state index is 5.49. The van der Waals surface area contributed by atoms with Gasteiger partial charge in [0, 0.05) is 6.54 Å². The molecular weight excluding hydrogens is 200 g/mol. The first-order valence-corrected chi connectivity index (χ1v) is 5.34. The van der Waals surface area contributed by atoms with Crippen LogP contribution in [-0.2, 0) is 13.1 Å². The molecule has 0 saturated carbocycles. The number of rotatable bonds is 3. The van der Waals surface area contributed by atoms with E-state index in [0.29, 0.717) is 6.54 Å². The van der Waals surface area contributed by atoms with E-state index in [2.05, 4.69) is 42.4 Å². The Morgan fingerprint density at radius 2 is 2.12 bits per heavy atom. The number of aromatic nitrogens is 3. The van der Waals surface area contributed by atoms with Gasteiger partial charge in [0.2, 0.25) is 0 Å². The van der Waals surface area contributed by atoms with E-state index in [0.717, 1.165) is 12.2 Å². The van der Waals surface area contributed by atoms with Crippen molar-refractivity contribution in [3.05, 3.63) is 46.8 Å². The molecule has 0 saturated heterocycles. The van der Waals surface area contributed by atoms with E-state index in [1.165, 1.54) is 16.7 Å². The van der Waals surface area contributed by atoms with Gasteiger partial charge in [-0.15, -0.1) is 5.10 Å². The summed E-state index contributed by atoms with van der Waals surface area (Å²) >= 11 is 0. The summed E-state index contributed by atoms with van der Waals surface area (Å²) in [5.74, 6) is 0. The third kappa shape index (κ3) is 2.28. The van der Waals surface area contributed by atoms with Crippen molar-refractivity contribution in [1.82, 2.24) is 15.0 Å². The summed E-state index contributed by atoms with van der Waals surface area (Å²) < 4.78 is 1.82. The average molecular weight is 216 g/mol. The molecule has 1 heterocycles. The van der Waals surface area contributed by atoms with E-state index >= 15 is 0 Å². The van der Waals surface area contributed by atoms with Crippen LogP contribution in [0.1, 0.15) is 22.4 Å². The van der Waals surface area contributed by atoms with Crippen molar-refractivity contribution in [2.24, 2.45) is 5.73 Å². The third-order valence-electron chi connectivity index (χ3n) is 2.63. The minimum atomic E-state index is 0.437. The van der Waals surface area contributed by atoms with Gasteiger partial charge >= 0.3 is 0 Å². The predicted octanol–water partition coefficient (Wildman–Crippen LogP) is 1.40. The Kier molecular flexibility index (Phi) is 3.01. The van der Waals surface area contributed by atoms with E-state index in [1.807, 2.05) is 10.9 Å². The summed E-state index contributed by atoms with van der Waals surface area (Å²) in [6.45, 7) is 5.39. The summed E-state index contributed by atoms with van der Waals surface area (Å²) in [5, 5.41) is 8.01. The Labute approximate surface area is 95.1 Å². The van der Waals surface area contributed by atoms with Crippen LogP contribution in [0.4, 0.5) is 0 Å². The van der Waals surface area contributed by atoms with Crippen molar-refractivity contribution in [2.75, 3.05) is 0 Å². The SMILES string of the molecule is Cc1ccc(C)c(Cn2cc(CN)nn2)c1. The quantitative estimate of drug-likeness (QED) is 0.843. The molecule has 0 radical (unpaired) electrons. The molecule has 0 bridgehead atoms. The lowest BCUT2D eigenvalue weighted by Gasteiger charge is -2.06. The highest BCUT2D eigenvalue weighted by Crippen LogP contribution is 2.11. The number of hydrogen-bond donors (Lipinski definition) is 1. The zero-order valence-corrected chi connectivity index (χ0v) is 9.64. The second kappa shape index (κ2) is 4.45. The largest absolute Gasteiger partial charge is 0.325 e. The van der Waals surface area contributed by atoms with Crippen molar-refractivity contribution in [3.8, 4) is 0 Å². The van der Waals surface area contributed by atoms with E-state index in [9.17, 15) is 0 Å². The molecule has 0 unspecified atom stereocenters. The Balaban J connectivity index is 2.22. The van der Waals surface area contributed by atoms with Crippen molar-refractivity contribution in [3.63, 3.8) is 0 Å². The summed E-state index contributed by atoms with van der Waals surface area (Å²) in [6, 6.07) is 6.43. The van der Waals surface area contributed by atoms with Crippen LogP contribution >= 0.6 is 0 Å². The molecule has 0 aliphatic carbocycles. The molecule has 0 spiro atoms. The second-order valence-corrected chi connectivity index (χ2v) is 4.04. The summed E-state index contributed by atoms with van der Waals surface area (Å²) in [7, 11) is 0. The van der Waals surface area contributed by atoms with E-state index in [1.54, 1.807) is 0 Å². The van der Waals surface area contributed by atoms with Crippen LogP contribution in [0.5, 0.6) is 0 Å². The Morgan fingerprint density at radius 1 is 1.31 bits per heavy atom. The van der Waals surface area contributed by atoms with Crippen molar-refractivity contribution < 1.29 is 0 Å². The van der Waals surface area contributed by atoms with Gasteiger partial charge in [-0.25, -0.2) is 4.68 Å². The molecular formula is C12H16N4. The number of aryl methyl sites for hydroxylation is 2. The van der Waals surface area contributed by atoms with Crippen LogP contribution in [0.15, 0.2) is 24.4 Å². The van der Waals surface area contributed by atoms with Gasteiger partial charge in [0.1, 0.15) is 0 Å². The lowest BCUT2D eigenvalue weighted by atomic mass is 10.1. The lowest BCUT2D eigenvalue weighted by molar-refractivity contribution is 0.647. The van der Waals surface area contributed by atoms with E-state index in [4.69, 9.17) is 5.73 Å². The van der Waals surface area contributed by atoms with Gasteiger partial charge in [0.25, 0.3) is 0 Å². The lowest BCUT2D eigenvalue weighted by Crippen LogP contribution is -2.02. The predicted molar refractivity (Wildman–Crippen MR) is 62.9 cm³/mol. The zero-order chi connectivity index (χ0) is 11.5. The van der Waals surface area contributed by atoms with Gasteiger partial charge in [-0.2, -0.15) is 0 Å². The highest BCUT2D eigenvalue weighted by molar-refractivity contribution is 5.30. The molecule has 1 aromatic carbocycles. The van der Waals surface area contributed by atoms with Crippen molar-refractivity contribution in [2.45, 2.75) is 26.9 Å². The Bertz CT molecular complexity index is 488. The van der Waals surface area contributed by atoms with Crippen LogP contribution in [0.2, 0.25) is 0 Å². The van der Waals surface area contributed by atoms with Gasteiger partial charge in [-0.1, -0.05) is 29.0 Å². The molecule has 1 aromatic heterocycles. The van der Waals surface area contributed by atoms with Crippen LogP contribution < -0.4 is 5.73 Å². The first-order valence-electron chi connectivity index (χ1n) is 5.34. The molecule has 0 aliphatic rings. The summed E-state index contributed by atoms with van der Waals surface area (Å²) in [4.78, 5) is 0. The van der Waals surface area contributed by atoms with E-state index < -0.39 is 0 Å². The summed E-state index contributed by atoms with van der Waals surface area (Å²) in [6.07, 6.45) is 1.89. The van der Waals surface area contributed by atoms with Crippen molar-refractivity contribution in [1.29, 1.82) is 0 Å². The van der Waals surface area contributed by atoms with Crippen LogP contribution in [0.3, 0.4) is 0 Å². The van der Waals surface area contributed by atoms with E-state index in [-0.39, 0.29) is 0 Å². The molecule has 0 atom stereocenters. The molecule has 0 aliphatic heterocycles. The molecule has 2 aromatic rings. The molecule has 0 fully saturated rings. The minimum Gasteiger partial charge on any atom is -0.325 e. The van der Waals surface area contributed by atoms with Gasteiger partial charge in [-0.3, -0.25) is 0 Å². The van der Waals surface area contributed by atoms with Gasteiger partial charge in [0.15, 0.2) is 0 Å². The molecule has 2 N–H and O–H groups in total. The maximum Gasteiger partial charge on any atom is 0.0962 e. The zero-order valence-electron chi connectivity index (χ0n) is 9.64. The third-order valence-corrected chi connectivity index (χ3v) is 2.63. The molecule has 16 heavy (non-hydrogen) atoms. The minimum absolute atomic E-state index is 0.437. The molecule has 4 heteroatoms. The fourth-order valence-electron chi connectivity index (χ4n) is 1.65. The molecule has 84 valence electrons. The Hall–Kier alpha value is -1.68. The highest BCUT2D eigenvalue weighted by Gasteiger charge is 2.02. The first-order chi connectivity index (χ1) is 7.69. The number of hydrogen-bond acceptors (Lipinski definition) is 3. The standard InChI is InChI=1S/C12H16N4/c1-9-3-4-10(2)11(5-9)7-16-8-12(6-13)14-15-16/h3-5,8H,6-7,13H2,1-2H3. The number of benzene rings is 1. The smallest absolute Gasteiger partial charge is 0.0962 e. The Morgan fingerprint density at radius 3 is 2.81 bits per heavy atom. The second-order valence-electron chi connectivity index (χ2n) is 4.04. The topological polar surface area (TPSA) is 56.7 Å². The van der Waals surface area contributed by atoms with Gasteiger partial charge in [-0.05, 0) is 25.0 Å². The fourth-order valence-corrected chi connectivity index (χ4v) is 1.65. The monoisotopic (exact) mass is 216 g/mol. The van der Waals surface area contributed by atoms with Crippen LogP contribution in [0, 0.1) is 13.8 Å². The van der Waals surface area contributed by atoms with Crippen LogP contribution in [0.25, 0.3) is 0 Å². The van der Waals surface area contributed by atoms with Crippen molar-refractivity contribution >= 4 is 0 Å². The fraction of sp³-hybridized carbons (Fsp3) is 0.333. The summed E-state index contributed by atoms with van der Waals surface area (Å²) in [5.41, 5.74) is 10.1. The average Bonchev–Trinajstić information content (AvgIpc) is 2.71. The molecule has 4 nitrogen and oxygen atoms in total. The normalized spacial score (nSPS) is 10.7. The number of nitrogens with zero attached hydrogens (tertiary/aromatic N) is 3. The molecule has 0 amide bonds. The van der Waals surface area contributed by atoms with Gasteiger partial charge in [0.05, 0.1) is 18.4 Å². The first kappa shape index (κ1) is 10.8. The van der Waals surface area contributed by atoms with Crippen LogP contribution in [-0.4, -0.2) is 15.0 Å². The van der Waals surface area contributed by atoms with Gasteiger partial charge < -0.3 is 5.73 Å². The highest BCUT2D eigenvalue weighted by atomic mass is 15.4. The molecule has 2 rings (SSSR count). The maximum atomic E-state index is 5.49. The number of nitrogens with two attached hydrogens (primary N) is 1.